The number of anilines is 1. The van der Waals surface area contributed by atoms with E-state index in [1.165, 1.54) is 0 Å². The molecule has 0 saturated carbocycles. The van der Waals surface area contributed by atoms with Gasteiger partial charge in [-0.1, -0.05) is 35.9 Å². The number of nitrogens with one attached hydrogen (secondary N) is 1. The second-order valence-electron chi connectivity index (χ2n) is 5.97. The first-order valence-corrected chi connectivity index (χ1v) is 8.59. The predicted octanol–water partition coefficient (Wildman–Crippen LogP) is 5.64. The van der Waals surface area contributed by atoms with Crippen molar-refractivity contribution < 1.29 is 4.74 Å². The molecule has 0 aliphatic heterocycles. The number of benzene rings is 2. The fourth-order valence-electron chi connectivity index (χ4n) is 2.82. The highest BCUT2D eigenvalue weighted by Gasteiger charge is 2.10. The van der Waals surface area contributed by atoms with E-state index in [-0.39, 0.29) is 0 Å². The van der Waals surface area contributed by atoms with Crippen LogP contribution in [-0.4, -0.2) is 12.0 Å². The van der Waals surface area contributed by atoms with Gasteiger partial charge < -0.3 is 10.1 Å². The molecular weight excluding hydrogens is 332 g/mol. The first-order valence-electron chi connectivity index (χ1n) is 8.21. The highest BCUT2D eigenvalue weighted by Crippen LogP contribution is 2.30. The molecule has 0 bridgehead atoms. The summed E-state index contributed by atoms with van der Waals surface area (Å²) in [6.45, 7) is 4.63. The van der Waals surface area contributed by atoms with E-state index in [2.05, 4.69) is 35.4 Å². The first kappa shape index (κ1) is 17.3. The van der Waals surface area contributed by atoms with E-state index in [0.29, 0.717) is 11.8 Å². The van der Waals surface area contributed by atoms with Gasteiger partial charge in [-0.25, -0.2) is 4.98 Å². The number of hydrogen-bond acceptors (Lipinski definition) is 3. The Hall–Kier alpha value is -2.52. The van der Waals surface area contributed by atoms with Gasteiger partial charge in [0.2, 0.25) is 0 Å². The normalized spacial score (nSPS) is 10.6. The molecule has 0 aliphatic carbocycles. The maximum absolute atomic E-state index is 6.07. The van der Waals surface area contributed by atoms with Crippen LogP contribution in [0, 0.1) is 13.8 Å². The van der Waals surface area contributed by atoms with Crippen molar-refractivity contribution in [2.75, 3.05) is 12.4 Å². The second kappa shape index (κ2) is 7.58. The van der Waals surface area contributed by atoms with Gasteiger partial charge in [-0.2, -0.15) is 0 Å². The van der Waals surface area contributed by atoms with Gasteiger partial charge in [0.05, 0.1) is 5.69 Å². The van der Waals surface area contributed by atoms with Crippen molar-refractivity contribution in [1.29, 1.82) is 0 Å². The Labute approximate surface area is 153 Å². The van der Waals surface area contributed by atoms with Crippen LogP contribution in [0.25, 0.3) is 11.3 Å². The molecule has 0 aliphatic rings. The third-order valence-corrected chi connectivity index (χ3v) is 4.39. The molecule has 4 heteroatoms. The van der Waals surface area contributed by atoms with E-state index in [1.807, 2.05) is 44.3 Å². The summed E-state index contributed by atoms with van der Waals surface area (Å²) in [5, 5.41) is 3.69. The molecule has 25 heavy (non-hydrogen) atoms. The van der Waals surface area contributed by atoms with E-state index in [1.54, 1.807) is 6.07 Å². The van der Waals surface area contributed by atoms with Gasteiger partial charge in [0, 0.05) is 23.9 Å². The van der Waals surface area contributed by atoms with Crippen LogP contribution in [-0.2, 0) is 6.61 Å². The van der Waals surface area contributed by atoms with Gasteiger partial charge in [0.1, 0.15) is 17.5 Å². The molecule has 0 spiro atoms. The molecule has 1 aromatic heterocycles. The van der Waals surface area contributed by atoms with Gasteiger partial charge in [0.15, 0.2) is 0 Å². The lowest BCUT2D eigenvalue weighted by Gasteiger charge is -2.15. The molecule has 0 radical (unpaired) electrons. The topological polar surface area (TPSA) is 34.1 Å². The molecule has 3 nitrogen and oxygen atoms in total. The Kier molecular flexibility index (Phi) is 5.25. The van der Waals surface area contributed by atoms with Crippen molar-refractivity contribution >= 4 is 17.3 Å². The fraction of sp³-hybridized carbons (Fsp3) is 0.190. The van der Waals surface area contributed by atoms with E-state index >= 15 is 0 Å². The van der Waals surface area contributed by atoms with Crippen LogP contribution >= 0.6 is 11.6 Å². The Bertz CT molecular complexity index is 893. The minimum atomic E-state index is 0.499. The standard InChI is InChI=1S/C21H21ClN2O/c1-14-12-20(25-13-16-7-4-5-8-18(16)23-3)15(2)11-17(14)19-9-6-10-21(22)24-19/h4-12,23H,13H2,1-3H3. The largest absolute Gasteiger partial charge is 0.489 e. The van der Waals surface area contributed by atoms with Gasteiger partial charge in [-0.05, 0) is 55.3 Å². The Morgan fingerprint density at radius 3 is 2.56 bits per heavy atom. The Morgan fingerprint density at radius 1 is 1.00 bits per heavy atom. The van der Waals surface area contributed by atoms with Crippen molar-refractivity contribution in [3.05, 3.63) is 76.4 Å². The van der Waals surface area contributed by atoms with Crippen LogP contribution in [0.1, 0.15) is 16.7 Å². The van der Waals surface area contributed by atoms with Crippen LogP contribution in [0.4, 0.5) is 5.69 Å². The van der Waals surface area contributed by atoms with Gasteiger partial charge in [-0.15, -0.1) is 0 Å². The Balaban J connectivity index is 1.85. The minimum absolute atomic E-state index is 0.499. The molecule has 0 atom stereocenters. The number of nitrogens with zero attached hydrogens (tertiary/aromatic N) is 1. The monoisotopic (exact) mass is 352 g/mol. The minimum Gasteiger partial charge on any atom is -0.489 e. The lowest BCUT2D eigenvalue weighted by Crippen LogP contribution is -2.02. The lowest BCUT2D eigenvalue weighted by molar-refractivity contribution is 0.304. The Morgan fingerprint density at radius 2 is 1.80 bits per heavy atom. The number of para-hydroxylation sites is 1. The first-order chi connectivity index (χ1) is 12.1. The predicted molar refractivity (Wildman–Crippen MR) is 104 cm³/mol. The van der Waals surface area contributed by atoms with E-state index in [4.69, 9.17) is 16.3 Å². The van der Waals surface area contributed by atoms with Crippen molar-refractivity contribution in [3.63, 3.8) is 0 Å². The molecule has 0 saturated heterocycles. The third-order valence-electron chi connectivity index (χ3n) is 4.18. The highest BCUT2D eigenvalue weighted by molar-refractivity contribution is 6.29. The molecule has 128 valence electrons. The number of pyridine rings is 1. The van der Waals surface area contributed by atoms with Gasteiger partial charge in [0.25, 0.3) is 0 Å². The second-order valence-corrected chi connectivity index (χ2v) is 6.36. The fourth-order valence-corrected chi connectivity index (χ4v) is 2.99. The summed E-state index contributed by atoms with van der Waals surface area (Å²) in [5.41, 5.74) is 6.34. The summed E-state index contributed by atoms with van der Waals surface area (Å²) in [6.07, 6.45) is 0. The SMILES string of the molecule is CNc1ccccc1COc1cc(C)c(-c2cccc(Cl)n2)cc1C. The molecule has 2 aromatic carbocycles. The van der Waals surface area contributed by atoms with E-state index in [0.717, 1.165) is 39.4 Å². The maximum Gasteiger partial charge on any atom is 0.129 e. The molecular formula is C21H21ClN2O. The van der Waals surface area contributed by atoms with Crippen molar-refractivity contribution in [2.24, 2.45) is 0 Å². The smallest absolute Gasteiger partial charge is 0.129 e. The van der Waals surface area contributed by atoms with Crippen LogP contribution < -0.4 is 10.1 Å². The van der Waals surface area contributed by atoms with Crippen LogP contribution in [0.2, 0.25) is 5.15 Å². The number of halogens is 1. The van der Waals surface area contributed by atoms with Gasteiger partial charge >= 0.3 is 0 Å². The number of hydrogen-bond donors (Lipinski definition) is 1. The third kappa shape index (κ3) is 3.94. The molecule has 3 aromatic rings. The summed E-state index contributed by atoms with van der Waals surface area (Å²) in [5.74, 6) is 0.884. The maximum atomic E-state index is 6.07. The number of ether oxygens (including phenoxy) is 1. The lowest BCUT2D eigenvalue weighted by atomic mass is 10.0. The molecule has 1 heterocycles. The number of aryl methyl sites for hydroxylation is 2. The summed E-state index contributed by atoms with van der Waals surface area (Å²) in [7, 11) is 1.92. The average Bonchev–Trinajstić information content (AvgIpc) is 2.62. The summed E-state index contributed by atoms with van der Waals surface area (Å²) in [6, 6.07) is 18.0. The van der Waals surface area contributed by atoms with Crippen LogP contribution in [0.5, 0.6) is 5.75 Å². The highest BCUT2D eigenvalue weighted by atomic mass is 35.5. The zero-order chi connectivity index (χ0) is 17.8. The summed E-state index contributed by atoms with van der Waals surface area (Å²) in [4.78, 5) is 4.41. The zero-order valence-corrected chi connectivity index (χ0v) is 15.4. The van der Waals surface area contributed by atoms with Crippen LogP contribution in [0.15, 0.2) is 54.6 Å². The summed E-state index contributed by atoms with van der Waals surface area (Å²) < 4.78 is 6.07. The van der Waals surface area contributed by atoms with Gasteiger partial charge in [-0.3, -0.25) is 0 Å². The van der Waals surface area contributed by atoms with E-state index in [9.17, 15) is 0 Å². The van der Waals surface area contributed by atoms with Crippen molar-refractivity contribution in [3.8, 4) is 17.0 Å². The molecule has 0 amide bonds. The average molecular weight is 353 g/mol. The quantitative estimate of drug-likeness (QED) is 0.603. The van der Waals surface area contributed by atoms with E-state index < -0.39 is 0 Å². The molecule has 0 unspecified atom stereocenters. The molecule has 0 fully saturated rings. The van der Waals surface area contributed by atoms with Crippen LogP contribution in [0.3, 0.4) is 0 Å². The van der Waals surface area contributed by atoms with Crippen molar-refractivity contribution in [1.82, 2.24) is 4.98 Å². The number of rotatable bonds is 5. The van der Waals surface area contributed by atoms with Crippen molar-refractivity contribution in [2.45, 2.75) is 20.5 Å². The molecule has 3 rings (SSSR count). The number of aromatic nitrogens is 1. The summed E-state index contributed by atoms with van der Waals surface area (Å²) >= 11 is 6.02. The zero-order valence-electron chi connectivity index (χ0n) is 14.6. The molecule has 1 N–H and O–H groups in total.